The monoisotopic (exact) mass is 250 g/mol. The summed E-state index contributed by atoms with van der Waals surface area (Å²) in [4.78, 5) is 14.2. The third-order valence-electron chi connectivity index (χ3n) is 5.92. The van der Waals surface area contributed by atoms with Gasteiger partial charge in [-0.05, 0) is 19.3 Å². The molecule has 0 saturated carbocycles. The first-order valence-corrected chi connectivity index (χ1v) is 7.55. The Balaban J connectivity index is 1.65. The summed E-state index contributed by atoms with van der Waals surface area (Å²) in [5.74, 6) is 1.33. The lowest BCUT2D eigenvalue weighted by molar-refractivity contribution is -0.907. The molecule has 4 nitrogen and oxygen atoms in total. The number of rotatable bonds is 0. The number of fused-ring (bicyclic) bond motifs is 6. The zero-order valence-corrected chi connectivity index (χ0v) is 10.9. The number of piperidine rings is 3. The van der Waals surface area contributed by atoms with Crippen molar-refractivity contribution in [2.45, 2.75) is 50.6 Å². The Morgan fingerprint density at radius 3 is 3.00 bits per heavy atom. The van der Waals surface area contributed by atoms with E-state index in [9.17, 15) is 10.0 Å². The van der Waals surface area contributed by atoms with Gasteiger partial charge in [0.05, 0.1) is 19.1 Å². The van der Waals surface area contributed by atoms with Crippen molar-refractivity contribution < 1.29 is 9.44 Å². The number of hydrogen-bond donors (Lipinski definition) is 0. The molecule has 0 aromatic rings. The van der Waals surface area contributed by atoms with Crippen LogP contribution in [0.2, 0.25) is 0 Å². The maximum absolute atomic E-state index is 12.9. The highest BCUT2D eigenvalue weighted by Crippen LogP contribution is 2.46. The molecule has 5 unspecified atom stereocenters. The zero-order valence-electron chi connectivity index (χ0n) is 10.9. The maximum atomic E-state index is 12.9. The molecule has 0 N–H and O–H groups in total. The Morgan fingerprint density at radius 1 is 1.22 bits per heavy atom. The van der Waals surface area contributed by atoms with Gasteiger partial charge in [0.2, 0.25) is 5.91 Å². The number of carbonyl (C=O) groups excluding carboxylic acids is 1. The van der Waals surface area contributed by atoms with Crippen LogP contribution in [0.1, 0.15) is 38.5 Å². The first-order valence-electron chi connectivity index (χ1n) is 7.55. The van der Waals surface area contributed by atoms with Crippen molar-refractivity contribution in [1.82, 2.24) is 4.90 Å². The standard InChI is InChI=1S/C14H22N2O2/c17-14-5-1-3-12-11-7-10(8-15(12)14)13-4-2-6-16(13,18)9-11/h10-13H,1-9H2. The molecule has 4 fully saturated rings. The summed E-state index contributed by atoms with van der Waals surface area (Å²) in [6, 6.07) is 0.699. The van der Waals surface area contributed by atoms with E-state index in [1.54, 1.807) is 0 Å². The average molecular weight is 250 g/mol. The van der Waals surface area contributed by atoms with E-state index in [0.717, 1.165) is 51.7 Å². The summed E-state index contributed by atoms with van der Waals surface area (Å²) >= 11 is 0. The topological polar surface area (TPSA) is 43.4 Å². The third kappa shape index (κ3) is 1.42. The second-order valence-electron chi connectivity index (χ2n) is 6.83. The van der Waals surface area contributed by atoms with Gasteiger partial charge in [-0.15, -0.1) is 0 Å². The average Bonchev–Trinajstić information content (AvgIpc) is 2.73. The summed E-state index contributed by atoms with van der Waals surface area (Å²) < 4.78 is 0.0772. The molecule has 5 atom stereocenters. The van der Waals surface area contributed by atoms with Gasteiger partial charge in [-0.1, -0.05) is 0 Å². The van der Waals surface area contributed by atoms with E-state index in [2.05, 4.69) is 4.90 Å². The van der Waals surface area contributed by atoms with Gasteiger partial charge in [-0.25, -0.2) is 0 Å². The molecule has 4 heteroatoms. The number of quaternary nitrogens is 1. The normalized spacial score (nSPS) is 50.9. The minimum Gasteiger partial charge on any atom is -0.633 e. The lowest BCUT2D eigenvalue weighted by atomic mass is 9.72. The molecule has 4 saturated heterocycles. The van der Waals surface area contributed by atoms with Crippen molar-refractivity contribution in [1.29, 1.82) is 0 Å². The Labute approximate surface area is 108 Å². The molecule has 4 rings (SSSR count). The Bertz CT molecular complexity index is 386. The van der Waals surface area contributed by atoms with Gasteiger partial charge < -0.3 is 14.8 Å². The van der Waals surface area contributed by atoms with Crippen LogP contribution in [0.15, 0.2) is 0 Å². The lowest BCUT2D eigenvalue weighted by Crippen LogP contribution is -2.67. The summed E-state index contributed by atoms with van der Waals surface area (Å²) in [6.07, 6.45) is 6.29. The van der Waals surface area contributed by atoms with Crippen LogP contribution < -0.4 is 0 Å². The minimum absolute atomic E-state index is 0.0772. The number of hydrogen-bond acceptors (Lipinski definition) is 2. The highest BCUT2D eigenvalue weighted by Gasteiger charge is 2.53. The molecule has 0 aliphatic carbocycles. The van der Waals surface area contributed by atoms with Crippen LogP contribution in [0, 0.1) is 17.0 Å². The van der Waals surface area contributed by atoms with E-state index in [-0.39, 0.29) is 4.65 Å². The van der Waals surface area contributed by atoms with Gasteiger partial charge in [0.1, 0.15) is 0 Å². The van der Waals surface area contributed by atoms with E-state index >= 15 is 0 Å². The number of hydroxylamine groups is 3. The van der Waals surface area contributed by atoms with Crippen molar-refractivity contribution in [3.05, 3.63) is 5.21 Å². The van der Waals surface area contributed by atoms with Crippen LogP contribution in [-0.2, 0) is 4.79 Å². The van der Waals surface area contributed by atoms with E-state index in [4.69, 9.17) is 0 Å². The van der Waals surface area contributed by atoms with Crippen molar-refractivity contribution in [3.63, 3.8) is 0 Å². The molecule has 4 aliphatic heterocycles. The van der Waals surface area contributed by atoms with E-state index < -0.39 is 0 Å². The Hall–Kier alpha value is -0.610. The van der Waals surface area contributed by atoms with Crippen LogP contribution in [0.3, 0.4) is 0 Å². The van der Waals surface area contributed by atoms with Crippen LogP contribution in [0.4, 0.5) is 0 Å². The molecule has 2 bridgehead atoms. The molecular weight excluding hydrogens is 228 g/mol. The Kier molecular flexibility index (Phi) is 2.31. The molecule has 0 aromatic carbocycles. The third-order valence-corrected chi connectivity index (χ3v) is 5.92. The first kappa shape index (κ1) is 11.2. The van der Waals surface area contributed by atoms with Crippen LogP contribution in [-0.4, -0.2) is 47.2 Å². The van der Waals surface area contributed by atoms with Crippen molar-refractivity contribution in [3.8, 4) is 0 Å². The summed E-state index contributed by atoms with van der Waals surface area (Å²) in [7, 11) is 0. The number of carbonyl (C=O) groups is 1. The number of amides is 1. The molecule has 4 heterocycles. The fraction of sp³-hybridized carbons (Fsp3) is 0.929. The van der Waals surface area contributed by atoms with Crippen molar-refractivity contribution >= 4 is 5.91 Å². The Morgan fingerprint density at radius 2 is 2.11 bits per heavy atom. The lowest BCUT2D eigenvalue weighted by Gasteiger charge is -2.59. The van der Waals surface area contributed by atoms with E-state index in [0.29, 0.717) is 29.8 Å². The minimum atomic E-state index is 0.0772. The highest BCUT2D eigenvalue weighted by molar-refractivity contribution is 5.77. The van der Waals surface area contributed by atoms with Gasteiger partial charge in [-0.3, -0.25) is 4.79 Å². The largest absolute Gasteiger partial charge is 0.633 e. The van der Waals surface area contributed by atoms with Crippen LogP contribution in [0.25, 0.3) is 0 Å². The predicted molar refractivity (Wildman–Crippen MR) is 67.3 cm³/mol. The molecule has 18 heavy (non-hydrogen) atoms. The highest BCUT2D eigenvalue weighted by atomic mass is 16.5. The quantitative estimate of drug-likeness (QED) is 0.483. The van der Waals surface area contributed by atoms with E-state index in [1.807, 2.05) is 0 Å². The smallest absolute Gasteiger partial charge is 0.222 e. The van der Waals surface area contributed by atoms with Gasteiger partial charge in [-0.2, -0.15) is 0 Å². The second kappa shape index (κ2) is 3.70. The zero-order chi connectivity index (χ0) is 12.3. The van der Waals surface area contributed by atoms with Gasteiger partial charge >= 0.3 is 0 Å². The first-order chi connectivity index (χ1) is 8.67. The molecule has 0 radical (unpaired) electrons. The summed E-state index contributed by atoms with van der Waals surface area (Å²) in [5, 5.41) is 12.9. The predicted octanol–water partition coefficient (Wildman–Crippen LogP) is 1.49. The van der Waals surface area contributed by atoms with Gasteiger partial charge in [0.15, 0.2) is 0 Å². The summed E-state index contributed by atoms with van der Waals surface area (Å²) in [5.41, 5.74) is 0. The molecule has 0 spiro atoms. The van der Waals surface area contributed by atoms with Crippen molar-refractivity contribution in [2.75, 3.05) is 19.6 Å². The molecule has 4 aliphatic rings. The molecule has 0 aromatic heterocycles. The SMILES string of the molecule is O=C1CCCC2C3CC(CN12)C1CCC[N+]1([O-])C3. The molecule has 100 valence electrons. The van der Waals surface area contributed by atoms with Crippen LogP contribution >= 0.6 is 0 Å². The van der Waals surface area contributed by atoms with Crippen molar-refractivity contribution in [2.24, 2.45) is 11.8 Å². The van der Waals surface area contributed by atoms with Crippen LogP contribution in [0.5, 0.6) is 0 Å². The molecular formula is C14H22N2O2. The van der Waals surface area contributed by atoms with Gasteiger partial charge in [0.25, 0.3) is 0 Å². The maximum Gasteiger partial charge on any atom is 0.222 e. The van der Waals surface area contributed by atoms with E-state index in [1.165, 1.54) is 6.42 Å². The molecule has 1 amide bonds. The fourth-order valence-corrected chi connectivity index (χ4v) is 5.24. The second-order valence-corrected chi connectivity index (χ2v) is 6.83. The fourth-order valence-electron chi connectivity index (χ4n) is 5.24. The van der Waals surface area contributed by atoms with Gasteiger partial charge in [0, 0.05) is 43.7 Å². The number of nitrogens with zero attached hydrogens (tertiary/aromatic N) is 2. The summed E-state index contributed by atoms with van der Waals surface area (Å²) in [6.45, 7) is 2.50.